The van der Waals surface area contributed by atoms with Crippen LogP contribution in [0.2, 0.25) is 0 Å². The van der Waals surface area contributed by atoms with Crippen LogP contribution in [-0.2, 0) is 15.1 Å². The Labute approximate surface area is 141 Å². The summed E-state index contributed by atoms with van der Waals surface area (Å²) in [5, 5.41) is 8.99. The zero-order chi connectivity index (χ0) is 17.4. The Morgan fingerprint density at radius 3 is 2.38 bits per heavy atom. The van der Waals surface area contributed by atoms with Crippen molar-refractivity contribution in [3.05, 3.63) is 65.7 Å². The van der Waals surface area contributed by atoms with Gasteiger partial charge in [-0.25, -0.2) is 4.79 Å². The molecule has 0 amide bonds. The number of ether oxygens (including phenoxy) is 3. The molecule has 1 N–H and O–H groups in total. The lowest BCUT2D eigenvalue weighted by Crippen LogP contribution is -2.30. The first-order valence-electron chi connectivity index (χ1n) is 7.85. The largest absolute Gasteiger partial charge is 0.511 e. The highest BCUT2D eigenvalue weighted by Gasteiger charge is 2.33. The number of hydrogen-bond acceptors (Lipinski definition) is 4. The first-order valence-corrected chi connectivity index (χ1v) is 7.85. The third kappa shape index (κ3) is 4.34. The molecule has 0 aliphatic rings. The molecule has 24 heavy (non-hydrogen) atoms. The van der Waals surface area contributed by atoms with Crippen molar-refractivity contribution < 1.29 is 24.1 Å². The van der Waals surface area contributed by atoms with E-state index >= 15 is 0 Å². The van der Waals surface area contributed by atoms with E-state index in [-0.39, 0.29) is 5.75 Å². The molecule has 5 heteroatoms. The number of carboxylic acid groups (broad SMARTS) is 1. The highest BCUT2D eigenvalue weighted by atomic mass is 16.7. The molecule has 2 aromatic rings. The summed E-state index contributed by atoms with van der Waals surface area (Å²) in [5.74, 6) is 0.257. The Kier molecular flexibility index (Phi) is 6.35. The van der Waals surface area contributed by atoms with Gasteiger partial charge in [0, 0.05) is 12.2 Å². The molecule has 0 spiro atoms. The fourth-order valence-corrected chi connectivity index (χ4v) is 2.57. The van der Waals surface area contributed by atoms with E-state index in [0.717, 1.165) is 5.56 Å². The van der Waals surface area contributed by atoms with E-state index < -0.39 is 11.8 Å². The van der Waals surface area contributed by atoms with Gasteiger partial charge < -0.3 is 19.3 Å². The molecule has 0 heterocycles. The molecule has 0 aliphatic heterocycles. The minimum Gasteiger partial charge on any atom is -0.449 e. The summed E-state index contributed by atoms with van der Waals surface area (Å²) in [5.41, 5.74) is 0.697. The maximum Gasteiger partial charge on any atom is 0.511 e. The van der Waals surface area contributed by atoms with Gasteiger partial charge in [-0.1, -0.05) is 48.5 Å². The average molecular weight is 330 g/mol. The monoisotopic (exact) mass is 330 g/mol. The SMILES string of the molecule is CCOCCOC(C)(c1ccccc1)c1ccccc1OC(=O)O. The summed E-state index contributed by atoms with van der Waals surface area (Å²) in [7, 11) is 0. The quantitative estimate of drug-likeness (QED) is 0.449. The molecule has 2 aromatic carbocycles. The second-order valence-corrected chi connectivity index (χ2v) is 5.31. The van der Waals surface area contributed by atoms with Gasteiger partial charge >= 0.3 is 6.16 Å². The second kappa shape index (κ2) is 8.47. The van der Waals surface area contributed by atoms with Crippen molar-refractivity contribution in [3.8, 4) is 5.75 Å². The molecule has 0 radical (unpaired) electrons. The maximum atomic E-state index is 11.0. The second-order valence-electron chi connectivity index (χ2n) is 5.31. The van der Waals surface area contributed by atoms with Crippen molar-refractivity contribution >= 4 is 6.16 Å². The Bertz CT molecular complexity index is 656. The fourth-order valence-electron chi connectivity index (χ4n) is 2.57. The van der Waals surface area contributed by atoms with Gasteiger partial charge in [-0.05, 0) is 25.5 Å². The van der Waals surface area contributed by atoms with Crippen LogP contribution in [0.25, 0.3) is 0 Å². The molecule has 0 bridgehead atoms. The van der Waals surface area contributed by atoms with Crippen LogP contribution in [-0.4, -0.2) is 31.1 Å². The molecule has 0 aliphatic carbocycles. The van der Waals surface area contributed by atoms with Crippen LogP contribution in [0.15, 0.2) is 54.6 Å². The number of benzene rings is 2. The van der Waals surface area contributed by atoms with Crippen LogP contribution in [0, 0.1) is 0 Å². The van der Waals surface area contributed by atoms with E-state index in [1.54, 1.807) is 12.1 Å². The summed E-state index contributed by atoms with van der Waals surface area (Å²) in [6.45, 7) is 5.27. The number of para-hydroxylation sites is 1. The zero-order valence-corrected chi connectivity index (χ0v) is 13.9. The predicted molar refractivity (Wildman–Crippen MR) is 90.4 cm³/mol. The van der Waals surface area contributed by atoms with Crippen molar-refractivity contribution in [2.45, 2.75) is 19.4 Å². The molecule has 1 unspecified atom stereocenters. The van der Waals surface area contributed by atoms with Crippen LogP contribution in [0.5, 0.6) is 5.75 Å². The van der Waals surface area contributed by atoms with Gasteiger partial charge in [-0.2, -0.15) is 0 Å². The lowest BCUT2D eigenvalue weighted by atomic mass is 9.87. The summed E-state index contributed by atoms with van der Waals surface area (Å²) < 4.78 is 16.4. The third-order valence-electron chi connectivity index (χ3n) is 3.75. The standard InChI is InChI=1S/C19H22O5/c1-3-22-13-14-23-19(2,15-9-5-4-6-10-15)16-11-7-8-12-17(16)24-18(20)21/h4-12H,3,13-14H2,1-2H3,(H,20,21). The number of rotatable bonds is 8. The van der Waals surface area contributed by atoms with E-state index in [0.29, 0.717) is 25.4 Å². The number of hydrogen-bond donors (Lipinski definition) is 1. The van der Waals surface area contributed by atoms with Gasteiger partial charge in [0.1, 0.15) is 11.4 Å². The first kappa shape index (κ1) is 18.0. The zero-order valence-electron chi connectivity index (χ0n) is 13.9. The van der Waals surface area contributed by atoms with Crippen LogP contribution in [0.1, 0.15) is 25.0 Å². The molecule has 2 rings (SSSR count). The Morgan fingerprint density at radius 2 is 1.71 bits per heavy atom. The first-order chi connectivity index (χ1) is 11.6. The molecular weight excluding hydrogens is 308 g/mol. The summed E-state index contributed by atoms with van der Waals surface area (Å²) in [6, 6.07) is 16.6. The highest BCUT2D eigenvalue weighted by Crippen LogP contribution is 2.38. The predicted octanol–water partition coefficient (Wildman–Crippen LogP) is 4.06. The van der Waals surface area contributed by atoms with Crippen LogP contribution in [0.3, 0.4) is 0 Å². The Hall–Kier alpha value is -2.37. The van der Waals surface area contributed by atoms with Gasteiger partial charge in [0.2, 0.25) is 0 Å². The molecule has 5 nitrogen and oxygen atoms in total. The van der Waals surface area contributed by atoms with Crippen molar-refractivity contribution in [2.24, 2.45) is 0 Å². The van der Waals surface area contributed by atoms with Crippen molar-refractivity contribution in [3.63, 3.8) is 0 Å². The Morgan fingerprint density at radius 1 is 1.04 bits per heavy atom. The van der Waals surface area contributed by atoms with E-state index in [4.69, 9.17) is 19.3 Å². The lowest BCUT2D eigenvalue weighted by molar-refractivity contribution is -0.0356. The van der Waals surface area contributed by atoms with Crippen molar-refractivity contribution in [2.75, 3.05) is 19.8 Å². The topological polar surface area (TPSA) is 65.0 Å². The molecule has 1 atom stereocenters. The van der Waals surface area contributed by atoms with Gasteiger partial charge in [0.15, 0.2) is 0 Å². The fraction of sp³-hybridized carbons (Fsp3) is 0.316. The summed E-state index contributed by atoms with van der Waals surface area (Å²) in [4.78, 5) is 11.0. The molecule has 0 saturated carbocycles. The maximum absolute atomic E-state index is 11.0. The lowest BCUT2D eigenvalue weighted by Gasteiger charge is -2.32. The van der Waals surface area contributed by atoms with E-state index in [1.807, 2.05) is 56.3 Å². The van der Waals surface area contributed by atoms with Gasteiger partial charge in [0.25, 0.3) is 0 Å². The normalized spacial score (nSPS) is 13.2. The van der Waals surface area contributed by atoms with Crippen LogP contribution >= 0.6 is 0 Å². The summed E-state index contributed by atoms with van der Waals surface area (Å²) in [6.07, 6.45) is -1.35. The van der Waals surface area contributed by atoms with Gasteiger partial charge in [-0.15, -0.1) is 0 Å². The average Bonchev–Trinajstić information content (AvgIpc) is 2.59. The third-order valence-corrected chi connectivity index (χ3v) is 3.75. The molecule has 128 valence electrons. The number of carbonyl (C=O) groups is 1. The molecule has 0 fully saturated rings. The van der Waals surface area contributed by atoms with Crippen LogP contribution < -0.4 is 4.74 Å². The summed E-state index contributed by atoms with van der Waals surface area (Å²) >= 11 is 0. The molecule has 0 aromatic heterocycles. The van der Waals surface area contributed by atoms with E-state index in [2.05, 4.69) is 0 Å². The van der Waals surface area contributed by atoms with E-state index in [9.17, 15) is 4.79 Å². The minimum atomic E-state index is -1.35. The molecule has 0 saturated heterocycles. The smallest absolute Gasteiger partial charge is 0.449 e. The minimum absolute atomic E-state index is 0.257. The van der Waals surface area contributed by atoms with Crippen molar-refractivity contribution in [1.82, 2.24) is 0 Å². The van der Waals surface area contributed by atoms with Gasteiger partial charge in [-0.3, -0.25) is 0 Å². The Balaban J connectivity index is 2.41. The van der Waals surface area contributed by atoms with E-state index in [1.165, 1.54) is 0 Å². The molecular formula is C19H22O5. The highest BCUT2D eigenvalue weighted by molar-refractivity contribution is 5.62. The van der Waals surface area contributed by atoms with Gasteiger partial charge in [0.05, 0.1) is 13.2 Å². The van der Waals surface area contributed by atoms with Crippen molar-refractivity contribution in [1.29, 1.82) is 0 Å². The van der Waals surface area contributed by atoms with Crippen LogP contribution in [0.4, 0.5) is 4.79 Å².